The summed E-state index contributed by atoms with van der Waals surface area (Å²) >= 11 is 0. The molecule has 1 aromatic rings. The van der Waals surface area contributed by atoms with E-state index in [0.29, 0.717) is 0 Å². The molecule has 4 rings (SSSR count). The number of aliphatic carboxylic acids is 2. The fourth-order valence-electron chi connectivity index (χ4n) is 3.23. The van der Waals surface area contributed by atoms with E-state index in [2.05, 4.69) is 40.3 Å². The van der Waals surface area contributed by atoms with Crippen molar-refractivity contribution in [3.63, 3.8) is 0 Å². The standard InChI is InChI=1S/C17H23N3O.C2H2O4/c1-12-2-5-16-15(8-12)20(10-13-3-4-13)11-14(21-16)9-17-18-6-7-19-17;3-1(4)2(5)6/h2,5,8,13-14H,3-4,6-7,9-11H2,1H3,(H,18,19);(H,3,4)(H,5,6). The predicted molar refractivity (Wildman–Crippen MR) is 101 cm³/mol. The average Bonchev–Trinajstić information content (AvgIpc) is 3.29. The maximum Gasteiger partial charge on any atom is 0.414 e. The van der Waals surface area contributed by atoms with Gasteiger partial charge in [0.25, 0.3) is 0 Å². The van der Waals surface area contributed by atoms with Gasteiger partial charge in [-0.2, -0.15) is 0 Å². The van der Waals surface area contributed by atoms with Gasteiger partial charge in [0.15, 0.2) is 0 Å². The second-order valence-corrected chi connectivity index (χ2v) is 7.13. The minimum absolute atomic E-state index is 0.211. The lowest BCUT2D eigenvalue weighted by molar-refractivity contribution is -0.159. The monoisotopic (exact) mass is 375 g/mol. The number of carboxylic acids is 2. The number of ether oxygens (including phenoxy) is 1. The second-order valence-electron chi connectivity index (χ2n) is 7.13. The number of carbonyl (C=O) groups is 2. The number of carboxylic acid groups (broad SMARTS) is 2. The maximum atomic E-state index is 9.10. The Morgan fingerprint density at radius 2 is 2.04 bits per heavy atom. The lowest BCUT2D eigenvalue weighted by atomic mass is 10.1. The molecule has 0 amide bonds. The number of hydrogen-bond acceptors (Lipinski definition) is 6. The summed E-state index contributed by atoms with van der Waals surface area (Å²) in [7, 11) is 0. The van der Waals surface area contributed by atoms with Crippen molar-refractivity contribution in [3.8, 4) is 5.75 Å². The van der Waals surface area contributed by atoms with Gasteiger partial charge in [-0.1, -0.05) is 6.07 Å². The number of aliphatic imine (C=N–C) groups is 1. The quantitative estimate of drug-likeness (QED) is 0.684. The van der Waals surface area contributed by atoms with Gasteiger partial charge in [0.05, 0.1) is 18.8 Å². The number of nitrogens with one attached hydrogen (secondary N) is 1. The van der Waals surface area contributed by atoms with Crippen molar-refractivity contribution in [2.24, 2.45) is 10.9 Å². The van der Waals surface area contributed by atoms with Gasteiger partial charge in [0.2, 0.25) is 0 Å². The number of benzene rings is 1. The molecule has 0 aromatic heterocycles. The van der Waals surface area contributed by atoms with E-state index in [1.54, 1.807) is 0 Å². The molecule has 1 aliphatic carbocycles. The highest BCUT2D eigenvalue weighted by Crippen LogP contribution is 2.38. The summed E-state index contributed by atoms with van der Waals surface area (Å²) in [5, 5.41) is 18.1. The highest BCUT2D eigenvalue weighted by molar-refractivity contribution is 6.27. The van der Waals surface area contributed by atoms with Crippen LogP contribution in [0.1, 0.15) is 24.8 Å². The van der Waals surface area contributed by atoms with Crippen LogP contribution in [0.4, 0.5) is 5.69 Å². The van der Waals surface area contributed by atoms with Crippen molar-refractivity contribution in [1.82, 2.24) is 5.32 Å². The Hall–Kier alpha value is -2.77. The zero-order valence-corrected chi connectivity index (χ0v) is 15.4. The predicted octanol–water partition coefficient (Wildman–Crippen LogP) is 1.52. The fraction of sp³-hybridized carbons (Fsp3) is 0.526. The summed E-state index contributed by atoms with van der Waals surface area (Å²) in [6.45, 7) is 6.19. The molecule has 3 aliphatic rings. The topological polar surface area (TPSA) is 111 Å². The molecule has 1 saturated carbocycles. The van der Waals surface area contributed by atoms with Crippen molar-refractivity contribution < 1.29 is 24.5 Å². The van der Waals surface area contributed by atoms with Gasteiger partial charge in [0, 0.05) is 19.5 Å². The molecule has 1 aromatic carbocycles. The molecule has 8 nitrogen and oxygen atoms in total. The Labute approximate surface area is 157 Å². The van der Waals surface area contributed by atoms with Gasteiger partial charge < -0.3 is 25.2 Å². The molecule has 2 heterocycles. The molecule has 0 spiro atoms. The van der Waals surface area contributed by atoms with Gasteiger partial charge in [-0.15, -0.1) is 0 Å². The van der Waals surface area contributed by atoms with Crippen LogP contribution in [0.15, 0.2) is 23.2 Å². The van der Waals surface area contributed by atoms with Gasteiger partial charge >= 0.3 is 11.9 Å². The Balaban J connectivity index is 0.000000307. The van der Waals surface area contributed by atoms with Crippen LogP contribution in [-0.4, -0.2) is 60.3 Å². The lowest BCUT2D eigenvalue weighted by Gasteiger charge is -2.36. The van der Waals surface area contributed by atoms with Crippen molar-refractivity contribution in [1.29, 1.82) is 0 Å². The summed E-state index contributed by atoms with van der Waals surface area (Å²) in [6, 6.07) is 6.53. The highest BCUT2D eigenvalue weighted by atomic mass is 16.5. The first-order valence-corrected chi connectivity index (χ1v) is 9.18. The summed E-state index contributed by atoms with van der Waals surface area (Å²) < 4.78 is 6.22. The van der Waals surface area contributed by atoms with Crippen LogP contribution in [0.5, 0.6) is 5.75 Å². The maximum absolute atomic E-state index is 9.10. The van der Waals surface area contributed by atoms with Crippen LogP contribution >= 0.6 is 0 Å². The molecular formula is C19H25N3O5. The van der Waals surface area contributed by atoms with Crippen molar-refractivity contribution in [3.05, 3.63) is 23.8 Å². The molecule has 0 radical (unpaired) electrons. The summed E-state index contributed by atoms with van der Waals surface area (Å²) in [6.07, 6.45) is 3.88. The molecule has 1 fully saturated rings. The molecule has 1 atom stereocenters. The van der Waals surface area contributed by atoms with E-state index in [9.17, 15) is 0 Å². The van der Waals surface area contributed by atoms with Crippen molar-refractivity contribution in [2.75, 3.05) is 31.1 Å². The third-order valence-corrected chi connectivity index (χ3v) is 4.70. The Morgan fingerprint density at radius 3 is 2.63 bits per heavy atom. The molecule has 2 aliphatic heterocycles. The van der Waals surface area contributed by atoms with E-state index < -0.39 is 11.9 Å². The normalized spacial score (nSPS) is 20.4. The molecule has 3 N–H and O–H groups in total. The number of rotatable bonds is 4. The van der Waals surface area contributed by atoms with Gasteiger partial charge in [-0.3, -0.25) is 4.99 Å². The Morgan fingerprint density at radius 1 is 1.30 bits per heavy atom. The zero-order chi connectivity index (χ0) is 19.4. The van der Waals surface area contributed by atoms with E-state index in [1.807, 2.05) is 0 Å². The minimum Gasteiger partial charge on any atom is -0.486 e. The lowest BCUT2D eigenvalue weighted by Crippen LogP contribution is -2.43. The van der Waals surface area contributed by atoms with E-state index in [0.717, 1.165) is 43.6 Å². The zero-order valence-electron chi connectivity index (χ0n) is 15.4. The number of anilines is 1. The highest BCUT2D eigenvalue weighted by Gasteiger charge is 2.31. The summed E-state index contributed by atoms with van der Waals surface area (Å²) in [4.78, 5) is 25.2. The summed E-state index contributed by atoms with van der Waals surface area (Å²) in [5.41, 5.74) is 2.58. The van der Waals surface area contributed by atoms with Crippen LogP contribution in [0.3, 0.4) is 0 Å². The van der Waals surface area contributed by atoms with Gasteiger partial charge in [-0.25, -0.2) is 9.59 Å². The SMILES string of the molecule is Cc1ccc2c(c1)N(CC1CC1)CC(CC1=NCCN1)O2.O=C(O)C(=O)O. The number of amidine groups is 1. The third kappa shape index (κ3) is 5.35. The van der Waals surface area contributed by atoms with Gasteiger partial charge in [0.1, 0.15) is 17.7 Å². The van der Waals surface area contributed by atoms with Crippen LogP contribution in [0, 0.1) is 12.8 Å². The molecule has 27 heavy (non-hydrogen) atoms. The van der Waals surface area contributed by atoms with E-state index >= 15 is 0 Å². The van der Waals surface area contributed by atoms with Gasteiger partial charge in [-0.05, 0) is 43.4 Å². The van der Waals surface area contributed by atoms with E-state index in [-0.39, 0.29) is 6.10 Å². The first-order valence-electron chi connectivity index (χ1n) is 9.18. The van der Waals surface area contributed by atoms with Crippen LogP contribution < -0.4 is 15.0 Å². The van der Waals surface area contributed by atoms with E-state index in [4.69, 9.17) is 24.5 Å². The largest absolute Gasteiger partial charge is 0.486 e. The smallest absolute Gasteiger partial charge is 0.414 e. The second kappa shape index (κ2) is 8.28. The molecule has 0 saturated heterocycles. The average molecular weight is 375 g/mol. The molecule has 146 valence electrons. The first kappa shape index (κ1) is 19.0. The van der Waals surface area contributed by atoms with E-state index in [1.165, 1.54) is 30.6 Å². The number of nitrogens with zero attached hydrogens (tertiary/aromatic N) is 2. The Kier molecular flexibility index (Phi) is 5.83. The van der Waals surface area contributed by atoms with Crippen LogP contribution in [0.2, 0.25) is 0 Å². The summed E-state index contributed by atoms with van der Waals surface area (Å²) in [5.74, 6) is -0.609. The fourth-order valence-corrected chi connectivity index (χ4v) is 3.23. The van der Waals surface area contributed by atoms with Crippen LogP contribution in [-0.2, 0) is 9.59 Å². The van der Waals surface area contributed by atoms with Crippen molar-refractivity contribution in [2.45, 2.75) is 32.3 Å². The molecule has 1 unspecified atom stereocenters. The number of hydrogen-bond donors (Lipinski definition) is 3. The molecular weight excluding hydrogens is 350 g/mol. The molecule has 0 bridgehead atoms. The Bertz CT molecular complexity index is 733. The minimum atomic E-state index is -1.82. The number of aryl methyl sites for hydroxylation is 1. The number of fused-ring (bicyclic) bond motifs is 1. The first-order chi connectivity index (χ1) is 12.9. The third-order valence-electron chi connectivity index (χ3n) is 4.70. The van der Waals surface area contributed by atoms with Crippen molar-refractivity contribution >= 4 is 23.5 Å². The van der Waals surface area contributed by atoms with Crippen LogP contribution in [0.25, 0.3) is 0 Å². The molecule has 8 heteroatoms.